The van der Waals surface area contributed by atoms with Gasteiger partial charge in [-0.15, -0.1) is 0 Å². The number of nitrogens with two attached hydrogens (primary N) is 1. The zero-order valence-electron chi connectivity index (χ0n) is 12.9. The van der Waals surface area contributed by atoms with E-state index < -0.39 is 5.54 Å². The average Bonchev–Trinajstić information content (AvgIpc) is 2.45. The molecule has 0 saturated carbocycles. The Balaban J connectivity index is 2.34. The monoisotopic (exact) mass is 289 g/mol. The largest absolute Gasteiger partial charge is 0.342 e. The van der Waals surface area contributed by atoms with Crippen molar-refractivity contribution in [2.75, 3.05) is 26.7 Å². The lowest BCUT2D eigenvalue weighted by Crippen LogP contribution is -2.63. The van der Waals surface area contributed by atoms with Crippen molar-refractivity contribution in [2.24, 2.45) is 5.73 Å². The van der Waals surface area contributed by atoms with E-state index in [9.17, 15) is 9.59 Å². The minimum absolute atomic E-state index is 0.0293. The summed E-state index contributed by atoms with van der Waals surface area (Å²) in [6.07, 6.45) is 0.657. The van der Waals surface area contributed by atoms with Gasteiger partial charge in [-0.05, 0) is 38.4 Å². The molecule has 1 aromatic rings. The Hall–Kier alpha value is -1.88. The number of likely N-dealkylation sites (N-methyl/N-ethyl adjacent to an activating group) is 1. The Morgan fingerprint density at radius 3 is 2.62 bits per heavy atom. The second kappa shape index (κ2) is 5.85. The van der Waals surface area contributed by atoms with Crippen LogP contribution in [0, 0.1) is 0 Å². The summed E-state index contributed by atoms with van der Waals surface area (Å²) >= 11 is 0. The third-order valence-corrected chi connectivity index (χ3v) is 4.11. The van der Waals surface area contributed by atoms with Gasteiger partial charge in [-0.3, -0.25) is 9.59 Å². The molecule has 1 aliphatic rings. The van der Waals surface area contributed by atoms with E-state index in [1.54, 1.807) is 30.7 Å². The molecule has 1 aromatic carbocycles. The predicted molar refractivity (Wildman–Crippen MR) is 82.0 cm³/mol. The highest BCUT2D eigenvalue weighted by molar-refractivity contribution is 6.00. The van der Waals surface area contributed by atoms with Crippen LogP contribution in [-0.4, -0.2) is 53.8 Å². The molecule has 1 aliphatic heterocycles. The molecular formula is C16H23N3O2. The van der Waals surface area contributed by atoms with Crippen molar-refractivity contribution >= 4 is 11.8 Å². The Morgan fingerprint density at radius 1 is 1.29 bits per heavy atom. The number of hydrogen-bond acceptors (Lipinski definition) is 3. The number of amides is 2. The Bertz CT molecular complexity index is 554. The maximum Gasteiger partial charge on any atom is 0.255 e. The zero-order valence-corrected chi connectivity index (χ0v) is 12.9. The highest BCUT2D eigenvalue weighted by Crippen LogP contribution is 2.25. The van der Waals surface area contributed by atoms with E-state index in [0.717, 1.165) is 5.56 Å². The highest BCUT2D eigenvalue weighted by Gasteiger charge is 2.43. The van der Waals surface area contributed by atoms with Crippen LogP contribution in [0.1, 0.15) is 29.8 Å². The van der Waals surface area contributed by atoms with Crippen LogP contribution >= 0.6 is 0 Å². The second-order valence-corrected chi connectivity index (χ2v) is 5.94. The Morgan fingerprint density at radius 2 is 1.95 bits per heavy atom. The average molecular weight is 289 g/mol. The fraction of sp³-hybridized carbons (Fsp3) is 0.500. The van der Waals surface area contributed by atoms with Crippen molar-refractivity contribution in [3.8, 4) is 0 Å². The third kappa shape index (κ3) is 2.78. The standard InChI is InChI=1S/C16H23N3O2/c1-16(2)15(21)18(3)10-11-19(16)14(20)13-7-5-4-6-12(13)8-9-17/h4-7H,8-11,17H2,1-3H3. The second-order valence-electron chi connectivity index (χ2n) is 5.94. The van der Waals surface area contributed by atoms with Crippen molar-refractivity contribution in [3.05, 3.63) is 35.4 Å². The van der Waals surface area contributed by atoms with E-state index in [1.165, 1.54) is 0 Å². The molecule has 0 spiro atoms. The summed E-state index contributed by atoms with van der Waals surface area (Å²) in [4.78, 5) is 28.5. The molecule has 0 bridgehead atoms. The van der Waals surface area contributed by atoms with Gasteiger partial charge in [-0.2, -0.15) is 0 Å². The summed E-state index contributed by atoms with van der Waals surface area (Å²) in [5.74, 6) is -0.121. The maximum absolute atomic E-state index is 12.9. The van der Waals surface area contributed by atoms with E-state index in [-0.39, 0.29) is 11.8 Å². The molecule has 5 nitrogen and oxygen atoms in total. The van der Waals surface area contributed by atoms with E-state index in [4.69, 9.17) is 5.73 Å². The van der Waals surface area contributed by atoms with Gasteiger partial charge in [0.1, 0.15) is 5.54 Å². The molecular weight excluding hydrogens is 266 g/mol. The first kappa shape index (κ1) is 15.5. The summed E-state index contributed by atoms with van der Waals surface area (Å²) in [6, 6.07) is 7.48. The van der Waals surface area contributed by atoms with Crippen LogP contribution in [0.25, 0.3) is 0 Å². The summed E-state index contributed by atoms with van der Waals surface area (Å²) in [6.45, 7) is 5.20. The summed E-state index contributed by atoms with van der Waals surface area (Å²) < 4.78 is 0. The van der Waals surface area contributed by atoms with Gasteiger partial charge in [-0.1, -0.05) is 18.2 Å². The van der Waals surface area contributed by atoms with E-state index in [2.05, 4.69) is 0 Å². The normalized spacial score (nSPS) is 18.0. The lowest BCUT2D eigenvalue weighted by Gasteiger charge is -2.44. The van der Waals surface area contributed by atoms with Gasteiger partial charge < -0.3 is 15.5 Å². The summed E-state index contributed by atoms with van der Waals surface area (Å²) in [5, 5.41) is 0. The molecule has 114 valence electrons. The SMILES string of the molecule is CN1CCN(C(=O)c2ccccc2CCN)C(C)(C)C1=O. The number of nitrogens with zero attached hydrogens (tertiary/aromatic N) is 2. The molecule has 2 N–H and O–H groups in total. The minimum Gasteiger partial charge on any atom is -0.342 e. The molecule has 5 heteroatoms. The van der Waals surface area contributed by atoms with Gasteiger partial charge in [0.2, 0.25) is 5.91 Å². The first-order valence-electron chi connectivity index (χ1n) is 7.25. The summed E-state index contributed by atoms with van der Waals surface area (Å²) in [7, 11) is 1.77. The number of piperazine rings is 1. The number of carbonyl (C=O) groups excluding carboxylic acids is 2. The predicted octanol–water partition coefficient (Wildman–Crippen LogP) is 0.881. The van der Waals surface area contributed by atoms with Crippen molar-refractivity contribution < 1.29 is 9.59 Å². The molecule has 2 amide bonds. The van der Waals surface area contributed by atoms with Gasteiger partial charge in [-0.25, -0.2) is 0 Å². The fourth-order valence-corrected chi connectivity index (χ4v) is 2.82. The quantitative estimate of drug-likeness (QED) is 0.898. The number of carbonyl (C=O) groups is 2. The van der Waals surface area contributed by atoms with Crippen LogP contribution in [0.4, 0.5) is 0 Å². The molecule has 1 fully saturated rings. The van der Waals surface area contributed by atoms with Crippen LogP contribution in [-0.2, 0) is 11.2 Å². The molecule has 0 radical (unpaired) electrons. The van der Waals surface area contributed by atoms with Crippen LogP contribution in [0.2, 0.25) is 0 Å². The first-order chi connectivity index (χ1) is 9.89. The topological polar surface area (TPSA) is 66.6 Å². The van der Waals surface area contributed by atoms with Crippen LogP contribution in [0.5, 0.6) is 0 Å². The molecule has 1 saturated heterocycles. The first-order valence-corrected chi connectivity index (χ1v) is 7.25. The fourth-order valence-electron chi connectivity index (χ4n) is 2.82. The zero-order chi connectivity index (χ0) is 15.6. The van der Waals surface area contributed by atoms with Crippen molar-refractivity contribution in [1.82, 2.24) is 9.80 Å². The molecule has 0 atom stereocenters. The minimum atomic E-state index is -0.820. The van der Waals surface area contributed by atoms with E-state index in [0.29, 0.717) is 31.6 Å². The lowest BCUT2D eigenvalue weighted by molar-refractivity contribution is -0.144. The highest BCUT2D eigenvalue weighted by atomic mass is 16.2. The maximum atomic E-state index is 12.9. The van der Waals surface area contributed by atoms with Crippen LogP contribution in [0.15, 0.2) is 24.3 Å². The van der Waals surface area contributed by atoms with Crippen molar-refractivity contribution in [2.45, 2.75) is 25.8 Å². The molecule has 21 heavy (non-hydrogen) atoms. The Labute approximate surface area is 125 Å². The van der Waals surface area contributed by atoms with Crippen LogP contribution in [0.3, 0.4) is 0 Å². The van der Waals surface area contributed by atoms with Gasteiger partial charge in [0.05, 0.1) is 0 Å². The lowest BCUT2D eigenvalue weighted by atomic mass is 9.95. The van der Waals surface area contributed by atoms with Gasteiger partial charge in [0.25, 0.3) is 5.91 Å². The molecule has 2 rings (SSSR count). The molecule has 0 unspecified atom stereocenters. The van der Waals surface area contributed by atoms with Gasteiger partial charge >= 0.3 is 0 Å². The van der Waals surface area contributed by atoms with E-state index in [1.807, 2.05) is 24.3 Å². The molecule has 0 aromatic heterocycles. The summed E-state index contributed by atoms with van der Waals surface area (Å²) in [5.41, 5.74) is 6.38. The van der Waals surface area contributed by atoms with Crippen LogP contribution < -0.4 is 5.73 Å². The third-order valence-electron chi connectivity index (χ3n) is 4.11. The number of benzene rings is 1. The smallest absolute Gasteiger partial charge is 0.255 e. The van der Waals surface area contributed by atoms with Crippen molar-refractivity contribution in [1.29, 1.82) is 0 Å². The van der Waals surface area contributed by atoms with Gasteiger partial charge in [0, 0.05) is 25.7 Å². The molecule has 0 aliphatic carbocycles. The van der Waals surface area contributed by atoms with Crippen molar-refractivity contribution in [3.63, 3.8) is 0 Å². The Kier molecular flexibility index (Phi) is 4.32. The number of hydrogen-bond donors (Lipinski definition) is 1. The number of rotatable bonds is 3. The van der Waals surface area contributed by atoms with E-state index >= 15 is 0 Å². The van der Waals surface area contributed by atoms with Gasteiger partial charge in [0.15, 0.2) is 0 Å². The molecule has 1 heterocycles.